The van der Waals surface area contributed by atoms with Gasteiger partial charge in [0.15, 0.2) is 0 Å². The summed E-state index contributed by atoms with van der Waals surface area (Å²) in [6.45, 7) is 3.30. The summed E-state index contributed by atoms with van der Waals surface area (Å²) in [5, 5.41) is 3.80. The number of halogens is 5. The number of nitrogens with one attached hydrogen (secondary N) is 1. The maximum atomic E-state index is 15.3. The van der Waals surface area contributed by atoms with Crippen LogP contribution in [0.2, 0.25) is 0 Å². The maximum absolute atomic E-state index is 15.3. The van der Waals surface area contributed by atoms with Gasteiger partial charge < -0.3 is 9.64 Å². The Bertz CT molecular complexity index is 1750. The molecule has 0 spiro atoms. The van der Waals surface area contributed by atoms with Crippen molar-refractivity contribution in [2.45, 2.75) is 42.7 Å². The van der Waals surface area contributed by atoms with Gasteiger partial charge in [0.25, 0.3) is 10.0 Å². The Labute approximate surface area is 250 Å². The molecule has 234 valence electrons. The van der Waals surface area contributed by atoms with Gasteiger partial charge in [0, 0.05) is 18.8 Å². The first-order valence-corrected chi connectivity index (χ1v) is 15.0. The van der Waals surface area contributed by atoms with Crippen LogP contribution in [0.3, 0.4) is 0 Å². The van der Waals surface area contributed by atoms with Crippen molar-refractivity contribution in [1.82, 2.24) is 24.6 Å². The molecule has 1 aliphatic rings. The van der Waals surface area contributed by atoms with Crippen LogP contribution in [0.5, 0.6) is 11.6 Å². The predicted octanol–water partition coefficient (Wildman–Crippen LogP) is 6.24. The van der Waals surface area contributed by atoms with Crippen molar-refractivity contribution in [2.75, 3.05) is 24.9 Å². The minimum atomic E-state index is -6.05. The van der Waals surface area contributed by atoms with Gasteiger partial charge in [-0.2, -0.15) is 32.0 Å². The van der Waals surface area contributed by atoms with E-state index in [1.165, 1.54) is 55.2 Å². The molecule has 1 saturated heterocycles. The number of aromatic nitrogens is 4. The van der Waals surface area contributed by atoms with Crippen molar-refractivity contribution in [3.05, 3.63) is 77.6 Å². The Morgan fingerprint density at radius 2 is 1.61 bits per heavy atom. The van der Waals surface area contributed by atoms with Crippen molar-refractivity contribution < 1.29 is 35.1 Å². The van der Waals surface area contributed by atoms with Crippen molar-refractivity contribution in [2.24, 2.45) is 7.05 Å². The fourth-order valence-corrected chi connectivity index (χ4v) is 5.92. The topological polar surface area (TPSA) is 102 Å². The third-order valence-corrected chi connectivity index (χ3v) is 8.73. The molecule has 3 heterocycles. The number of piperidine rings is 1. The van der Waals surface area contributed by atoms with Crippen LogP contribution in [-0.4, -0.2) is 59.4 Å². The van der Waals surface area contributed by atoms with Crippen LogP contribution in [0.15, 0.2) is 65.8 Å². The van der Waals surface area contributed by atoms with Gasteiger partial charge in [-0.05, 0) is 69.1 Å². The molecule has 0 unspecified atom stereocenters. The second-order valence-electron chi connectivity index (χ2n) is 10.7. The van der Waals surface area contributed by atoms with E-state index in [9.17, 15) is 21.6 Å². The predicted molar refractivity (Wildman–Crippen MR) is 152 cm³/mol. The van der Waals surface area contributed by atoms with Gasteiger partial charge in [0.2, 0.25) is 11.8 Å². The lowest BCUT2D eigenvalue weighted by atomic mass is 9.90. The van der Waals surface area contributed by atoms with Gasteiger partial charge in [-0.25, -0.2) is 18.1 Å². The molecule has 0 saturated carbocycles. The number of likely N-dealkylation sites (tertiary alicyclic amines) is 1. The summed E-state index contributed by atoms with van der Waals surface area (Å²) in [4.78, 5) is 9.56. The minimum absolute atomic E-state index is 0.0728. The highest BCUT2D eigenvalue weighted by Crippen LogP contribution is 2.51. The Kier molecular flexibility index (Phi) is 8.37. The van der Waals surface area contributed by atoms with E-state index in [-0.39, 0.29) is 22.1 Å². The highest BCUT2D eigenvalue weighted by Gasteiger charge is 2.62. The van der Waals surface area contributed by atoms with E-state index in [0.29, 0.717) is 5.56 Å². The van der Waals surface area contributed by atoms with Crippen molar-refractivity contribution in [1.29, 1.82) is 0 Å². The van der Waals surface area contributed by atoms with E-state index in [2.05, 4.69) is 24.7 Å². The third-order valence-electron chi connectivity index (χ3n) is 7.45. The number of hydrogen-bond donors (Lipinski definition) is 1. The zero-order chi connectivity index (χ0) is 31.9. The standard InChI is InChI=1S/C29H29F5N6O3S/c1-18-6-4-5-7-23(18)25-24(28(30,31)29(32,33)34)26(37-27(36-25)38-44(41,42)22-16-35-40(3)17-22)43-21-10-8-19(9-11-21)20-12-14-39(2)15-13-20/h4-11,16-17,20H,12-15H2,1-3H3,(H,36,37,38). The summed E-state index contributed by atoms with van der Waals surface area (Å²) < 4.78 is 107. The largest absolute Gasteiger partial charge is 0.458 e. The quantitative estimate of drug-likeness (QED) is 0.229. The van der Waals surface area contributed by atoms with Crippen LogP contribution >= 0.6 is 0 Å². The van der Waals surface area contributed by atoms with E-state index in [1.54, 1.807) is 18.2 Å². The molecule has 4 aromatic rings. The number of benzene rings is 2. The molecule has 5 rings (SSSR count). The summed E-state index contributed by atoms with van der Waals surface area (Å²) in [6.07, 6.45) is -2.05. The normalized spacial score (nSPS) is 15.4. The Morgan fingerprint density at radius 3 is 2.20 bits per heavy atom. The molecular formula is C29H29F5N6O3S. The summed E-state index contributed by atoms with van der Waals surface area (Å²) in [5.41, 5.74) is -1.32. The second kappa shape index (κ2) is 11.8. The van der Waals surface area contributed by atoms with Gasteiger partial charge >= 0.3 is 12.1 Å². The monoisotopic (exact) mass is 636 g/mol. The van der Waals surface area contributed by atoms with Crippen LogP contribution in [0.1, 0.15) is 35.4 Å². The zero-order valence-corrected chi connectivity index (χ0v) is 24.8. The summed E-state index contributed by atoms with van der Waals surface area (Å²) in [5.74, 6) is -7.22. The van der Waals surface area contributed by atoms with E-state index >= 15 is 8.78 Å². The Morgan fingerprint density at radius 1 is 0.955 bits per heavy atom. The number of ether oxygens (including phenoxy) is 1. The molecule has 2 aromatic heterocycles. The zero-order valence-electron chi connectivity index (χ0n) is 23.9. The first-order valence-electron chi connectivity index (χ1n) is 13.6. The van der Waals surface area contributed by atoms with E-state index in [4.69, 9.17) is 4.74 Å². The highest BCUT2D eigenvalue weighted by atomic mass is 32.2. The minimum Gasteiger partial charge on any atom is -0.438 e. The lowest BCUT2D eigenvalue weighted by Crippen LogP contribution is -2.35. The average molecular weight is 637 g/mol. The van der Waals surface area contributed by atoms with Crippen LogP contribution in [0.4, 0.5) is 27.9 Å². The van der Waals surface area contributed by atoms with Gasteiger partial charge in [-0.15, -0.1) is 0 Å². The van der Waals surface area contributed by atoms with E-state index in [0.717, 1.165) is 37.7 Å². The molecule has 0 bridgehead atoms. The smallest absolute Gasteiger partial charge is 0.438 e. The molecule has 0 aliphatic carbocycles. The van der Waals surface area contributed by atoms with Crippen LogP contribution in [0, 0.1) is 6.92 Å². The number of anilines is 1. The molecule has 1 fully saturated rings. The van der Waals surface area contributed by atoms with Gasteiger partial charge in [-0.3, -0.25) is 4.68 Å². The first-order chi connectivity index (χ1) is 20.7. The average Bonchev–Trinajstić information content (AvgIpc) is 3.40. The molecule has 1 N–H and O–H groups in total. The molecule has 0 radical (unpaired) electrons. The van der Waals surface area contributed by atoms with Crippen molar-refractivity contribution in [3.63, 3.8) is 0 Å². The van der Waals surface area contributed by atoms with Crippen molar-refractivity contribution >= 4 is 16.0 Å². The summed E-state index contributed by atoms with van der Waals surface area (Å²) in [7, 11) is -0.914. The lowest BCUT2D eigenvalue weighted by Gasteiger charge is -2.29. The molecule has 1 aliphatic heterocycles. The Hall–Kier alpha value is -4.11. The third kappa shape index (κ3) is 6.38. The van der Waals surface area contributed by atoms with Crippen LogP contribution in [-0.2, 0) is 23.0 Å². The van der Waals surface area contributed by atoms with Crippen LogP contribution < -0.4 is 9.46 Å². The fraction of sp³-hybridized carbons (Fsp3) is 0.345. The van der Waals surface area contributed by atoms with Crippen molar-refractivity contribution in [3.8, 4) is 22.9 Å². The number of rotatable bonds is 8. The van der Waals surface area contributed by atoms with Gasteiger partial charge in [0.05, 0.1) is 11.9 Å². The fourth-order valence-electron chi connectivity index (χ4n) is 5.00. The molecule has 0 atom stereocenters. The molecular weight excluding hydrogens is 607 g/mol. The number of alkyl halides is 5. The van der Waals surface area contributed by atoms with Gasteiger partial charge in [0.1, 0.15) is 16.2 Å². The highest BCUT2D eigenvalue weighted by molar-refractivity contribution is 7.92. The van der Waals surface area contributed by atoms with Gasteiger partial charge in [-0.1, -0.05) is 36.4 Å². The molecule has 0 amide bonds. The number of hydrogen-bond acceptors (Lipinski definition) is 7. The van der Waals surface area contributed by atoms with E-state index < -0.39 is 45.2 Å². The molecule has 44 heavy (non-hydrogen) atoms. The second-order valence-corrected chi connectivity index (χ2v) is 12.3. The van der Waals surface area contributed by atoms with E-state index in [1.807, 2.05) is 7.05 Å². The molecule has 2 aromatic carbocycles. The lowest BCUT2D eigenvalue weighted by molar-refractivity contribution is -0.289. The molecule has 9 nitrogen and oxygen atoms in total. The number of sulfonamides is 1. The maximum Gasteiger partial charge on any atom is 0.458 e. The first kappa shape index (κ1) is 31.3. The summed E-state index contributed by atoms with van der Waals surface area (Å²) >= 11 is 0. The summed E-state index contributed by atoms with van der Waals surface area (Å²) in [6, 6.07) is 12.2. The Balaban J connectivity index is 1.65. The SMILES string of the molecule is Cc1ccccc1-c1nc(NS(=O)(=O)c2cnn(C)c2)nc(Oc2ccc(C3CCN(C)CC3)cc2)c1C(F)(F)C(F)(F)F. The number of aryl methyl sites for hydroxylation is 2. The number of nitrogens with zero attached hydrogens (tertiary/aromatic N) is 5. The molecule has 15 heteroatoms. The van der Waals surface area contributed by atoms with Crippen LogP contribution in [0.25, 0.3) is 11.3 Å².